The average Bonchev–Trinajstić information content (AvgIpc) is 3.10. The summed E-state index contributed by atoms with van der Waals surface area (Å²) in [5.41, 5.74) is 9.90. The lowest BCUT2D eigenvalue weighted by atomic mass is 9.90. The van der Waals surface area contributed by atoms with Crippen molar-refractivity contribution in [2.24, 2.45) is 0 Å². The Hall–Kier alpha value is -5.72. The predicted molar refractivity (Wildman–Crippen MR) is 189 cm³/mol. The fourth-order valence-electron chi connectivity index (χ4n) is 6.98. The van der Waals surface area contributed by atoms with Crippen LogP contribution in [-0.2, 0) is 0 Å². The van der Waals surface area contributed by atoms with Crippen molar-refractivity contribution in [1.82, 2.24) is 0 Å². The number of hydrogen-bond donors (Lipinski definition) is 0. The maximum Gasteiger partial charge on any atom is -0.00264 e. The van der Waals surface area contributed by atoms with E-state index in [-0.39, 0.29) is 0 Å². The highest BCUT2D eigenvalue weighted by atomic mass is 14.2. The molecule has 0 N–H and O–H groups in total. The van der Waals surface area contributed by atoms with Crippen molar-refractivity contribution < 1.29 is 0 Å². The smallest absolute Gasteiger partial charge is 0.00264 e. The Morgan fingerprint density at radius 3 is 1.34 bits per heavy atom. The Kier molecular flexibility index (Phi) is 5.61. The summed E-state index contributed by atoms with van der Waals surface area (Å²) in [4.78, 5) is 0. The summed E-state index contributed by atoms with van der Waals surface area (Å²) >= 11 is 0. The van der Waals surface area contributed by atoms with Crippen molar-refractivity contribution in [3.05, 3.63) is 170 Å². The van der Waals surface area contributed by atoms with E-state index in [1.165, 1.54) is 87.6 Å². The second kappa shape index (κ2) is 9.93. The molecule has 204 valence electrons. The summed E-state index contributed by atoms with van der Waals surface area (Å²) in [5, 5.41) is 10.4. The van der Waals surface area contributed by atoms with Crippen LogP contribution >= 0.6 is 0 Å². The molecule has 0 spiro atoms. The van der Waals surface area contributed by atoms with Crippen LogP contribution in [0.25, 0.3) is 87.6 Å². The summed E-state index contributed by atoms with van der Waals surface area (Å²) in [5.74, 6) is 0. The molecule has 0 saturated heterocycles. The van der Waals surface area contributed by atoms with Gasteiger partial charge in [0.2, 0.25) is 0 Å². The highest BCUT2D eigenvalue weighted by Gasteiger charge is 2.12. The summed E-state index contributed by atoms with van der Waals surface area (Å²) in [7, 11) is 0. The van der Waals surface area contributed by atoms with E-state index in [2.05, 4.69) is 170 Å². The molecule has 0 nitrogen and oxygen atoms in total. The van der Waals surface area contributed by atoms with Crippen molar-refractivity contribution in [1.29, 1.82) is 0 Å². The van der Waals surface area contributed by atoms with Gasteiger partial charge >= 0.3 is 0 Å². The van der Waals surface area contributed by atoms with Gasteiger partial charge in [-0.3, -0.25) is 0 Å². The maximum atomic E-state index is 2.34. The van der Waals surface area contributed by atoms with E-state index in [1.807, 2.05) is 0 Å². The van der Waals surface area contributed by atoms with E-state index >= 15 is 0 Å². The van der Waals surface area contributed by atoms with Gasteiger partial charge in [-0.1, -0.05) is 140 Å². The molecule has 0 aliphatic heterocycles. The highest BCUT2D eigenvalue weighted by Crippen LogP contribution is 2.39. The van der Waals surface area contributed by atoms with Crippen molar-refractivity contribution in [2.75, 3.05) is 0 Å². The van der Waals surface area contributed by atoms with E-state index < -0.39 is 0 Å². The predicted octanol–water partition coefficient (Wildman–Crippen LogP) is 12.4. The third kappa shape index (κ3) is 4.07. The number of benzene rings is 9. The lowest BCUT2D eigenvalue weighted by molar-refractivity contribution is 1.60. The molecule has 9 aromatic rings. The first-order chi connectivity index (χ1) is 21.8. The highest BCUT2D eigenvalue weighted by molar-refractivity contribution is 6.23. The second-order valence-corrected chi connectivity index (χ2v) is 11.8. The molecule has 0 radical (unpaired) electrons. The number of rotatable bonds is 4. The van der Waals surface area contributed by atoms with Crippen LogP contribution in [0.3, 0.4) is 0 Å². The molecule has 0 amide bonds. The quantitative estimate of drug-likeness (QED) is 0.189. The number of hydrogen-bond acceptors (Lipinski definition) is 0. The van der Waals surface area contributed by atoms with Crippen molar-refractivity contribution in [3.8, 4) is 44.5 Å². The van der Waals surface area contributed by atoms with Crippen LogP contribution in [0, 0.1) is 0 Å². The van der Waals surface area contributed by atoms with Crippen LogP contribution in [-0.4, -0.2) is 0 Å². The van der Waals surface area contributed by atoms with Crippen LogP contribution in [0.4, 0.5) is 0 Å². The van der Waals surface area contributed by atoms with Gasteiger partial charge in [-0.2, -0.15) is 0 Å². The van der Waals surface area contributed by atoms with Gasteiger partial charge in [-0.15, -0.1) is 0 Å². The Balaban J connectivity index is 1.13. The van der Waals surface area contributed by atoms with Crippen molar-refractivity contribution in [3.63, 3.8) is 0 Å². The van der Waals surface area contributed by atoms with Crippen LogP contribution in [0.2, 0.25) is 0 Å². The van der Waals surface area contributed by atoms with E-state index in [9.17, 15) is 0 Å². The number of fused-ring (bicyclic) bond motifs is 1. The standard InChI is InChI=1S/C44H28/c1-3-8-29(9-4-1)39-27-40-24-35(22-23-41(40)42(28-39)32-10-5-2-6-11-32)30-14-16-31(17-15-30)38-25-36-20-18-33-12-7-13-34-19-21-37(26-38)44(36)43(33)34/h1-28H. The molecule has 0 fully saturated rings. The van der Waals surface area contributed by atoms with Gasteiger partial charge in [0, 0.05) is 0 Å². The average molecular weight is 557 g/mol. The SMILES string of the molecule is c1ccc(-c2cc(-c3ccccc3)c3ccc(-c4ccc(-c5cc6ccc7cccc8ccc(c5)c6c78)cc4)cc3c2)cc1. The molecule has 9 aromatic carbocycles. The zero-order valence-corrected chi connectivity index (χ0v) is 24.2. The second-order valence-electron chi connectivity index (χ2n) is 11.8. The van der Waals surface area contributed by atoms with Crippen LogP contribution in [0.5, 0.6) is 0 Å². The first-order valence-corrected chi connectivity index (χ1v) is 15.3. The molecule has 9 rings (SSSR count). The molecule has 0 aliphatic rings. The Morgan fingerprint density at radius 1 is 0.227 bits per heavy atom. The largest absolute Gasteiger partial charge is 0.0622 e. The first kappa shape index (κ1) is 24.8. The molecule has 0 aliphatic carbocycles. The molecule has 0 atom stereocenters. The minimum absolute atomic E-state index is 1.22. The molecule has 44 heavy (non-hydrogen) atoms. The van der Waals surface area contributed by atoms with Gasteiger partial charge in [-0.25, -0.2) is 0 Å². The lowest BCUT2D eigenvalue weighted by Crippen LogP contribution is -1.87. The van der Waals surface area contributed by atoms with Crippen LogP contribution < -0.4 is 0 Å². The van der Waals surface area contributed by atoms with Gasteiger partial charge in [-0.05, 0) is 118 Å². The monoisotopic (exact) mass is 556 g/mol. The molecule has 0 heterocycles. The molecular formula is C44H28. The van der Waals surface area contributed by atoms with E-state index in [0.717, 1.165) is 0 Å². The van der Waals surface area contributed by atoms with Gasteiger partial charge in [0.1, 0.15) is 0 Å². The lowest BCUT2D eigenvalue weighted by Gasteiger charge is -2.14. The minimum atomic E-state index is 1.22. The van der Waals surface area contributed by atoms with Gasteiger partial charge in [0.25, 0.3) is 0 Å². The zero-order chi connectivity index (χ0) is 29.0. The normalized spacial score (nSPS) is 11.6. The van der Waals surface area contributed by atoms with Gasteiger partial charge < -0.3 is 0 Å². The minimum Gasteiger partial charge on any atom is -0.0622 e. The molecule has 0 saturated carbocycles. The Bertz CT molecular complexity index is 2390. The van der Waals surface area contributed by atoms with Crippen LogP contribution in [0.15, 0.2) is 170 Å². The molecule has 0 bridgehead atoms. The first-order valence-electron chi connectivity index (χ1n) is 15.3. The summed E-state index contributed by atoms with van der Waals surface area (Å²) in [6.07, 6.45) is 0. The molecular weight excluding hydrogens is 528 g/mol. The topological polar surface area (TPSA) is 0 Å². The van der Waals surface area contributed by atoms with Gasteiger partial charge in [0.05, 0.1) is 0 Å². The fourth-order valence-corrected chi connectivity index (χ4v) is 6.98. The Labute approximate surface area is 256 Å². The third-order valence-corrected chi connectivity index (χ3v) is 9.16. The molecule has 0 aromatic heterocycles. The van der Waals surface area contributed by atoms with E-state index in [4.69, 9.17) is 0 Å². The molecule has 0 unspecified atom stereocenters. The summed E-state index contributed by atoms with van der Waals surface area (Å²) < 4.78 is 0. The maximum absolute atomic E-state index is 2.34. The van der Waals surface area contributed by atoms with E-state index in [0.29, 0.717) is 0 Å². The van der Waals surface area contributed by atoms with Gasteiger partial charge in [0.15, 0.2) is 0 Å². The summed E-state index contributed by atoms with van der Waals surface area (Å²) in [6, 6.07) is 62.3. The fraction of sp³-hybridized carbons (Fsp3) is 0. The Morgan fingerprint density at radius 2 is 0.682 bits per heavy atom. The zero-order valence-electron chi connectivity index (χ0n) is 24.2. The third-order valence-electron chi connectivity index (χ3n) is 9.16. The molecule has 0 heteroatoms. The van der Waals surface area contributed by atoms with Crippen molar-refractivity contribution in [2.45, 2.75) is 0 Å². The van der Waals surface area contributed by atoms with E-state index in [1.54, 1.807) is 0 Å². The summed E-state index contributed by atoms with van der Waals surface area (Å²) in [6.45, 7) is 0. The van der Waals surface area contributed by atoms with Crippen LogP contribution in [0.1, 0.15) is 0 Å². The van der Waals surface area contributed by atoms with Crippen molar-refractivity contribution >= 4 is 43.1 Å².